The molecule has 1 aliphatic heterocycles. The second kappa shape index (κ2) is 8.08. The molecule has 3 rings (SSSR count). The lowest BCUT2D eigenvalue weighted by molar-refractivity contribution is 0.00227. The first-order chi connectivity index (χ1) is 11.3. The highest BCUT2D eigenvalue weighted by atomic mass is 32.1. The highest BCUT2D eigenvalue weighted by molar-refractivity contribution is 7.07. The van der Waals surface area contributed by atoms with E-state index in [-0.39, 0.29) is 18.2 Å². The van der Waals surface area contributed by atoms with Gasteiger partial charge in [-0.05, 0) is 18.4 Å². The molecule has 1 fully saturated rings. The minimum absolute atomic E-state index is 0.0604. The number of nitrogens with zero attached hydrogens (tertiary/aromatic N) is 1. The standard InChI is InChI=1S/C17H21N3O2S/c21-17(18-8-6-15-11-23-12-19-15)20-14-7-9-22-16(10-14)13-4-2-1-3-5-13/h1-5,11-12,14,16H,6-10H2,(H2,18,20,21)/t14-,16+/m0/s1. The van der Waals surface area contributed by atoms with E-state index in [4.69, 9.17) is 4.74 Å². The van der Waals surface area contributed by atoms with Crippen LogP contribution in [0.25, 0.3) is 0 Å². The van der Waals surface area contributed by atoms with Gasteiger partial charge < -0.3 is 15.4 Å². The summed E-state index contributed by atoms with van der Waals surface area (Å²) >= 11 is 1.57. The molecule has 1 aromatic carbocycles. The Labute approximate surface area is 140 Å². The van der Waals surface area contributed by atoms with Gasteiger partial charge in [0.05, 0.1) is 17.3 Å². The number of aromatic nitrogens is 1. The van der Waals surface area contributed by atoms with E-state index < -0.39 is 0 Å². The fourth-order valence-electron chi connectivity index (χ4n) is 2.73. The number of thiazole rings is 1. The second-order valence-corrected chi connectivity index (χ2v) is 6.34. The average molecular weight is 331 g/mol. The highest BCUT2D eigenvalue weighted by Gasteiger charge is 2.24. The van der Waals surface area contributed by atoms with Crippen LogP contribution in [0.2, 0.25) is 0 Å². The van der Waals surface area contributed by atoms with Gasteiger partial charge in [-0.25, -0.2) is 9.78 Å². The zero-order valence-electron chi connectivity index (χ0n) is 12.9. The van der Waals surface area contributed by atoms with Crippen molar-refractivity contribution in [2.24, 2.45) is 0 Å². The van der Waals surface area contributed by atoms with E-state index in [1.54, 1.807) is 16.8 Å². The van der Waals surface area contributed by atoms with Crippen LogP contribution >= 0.6 is 11.3 Å². The van der Waals surface area contributed by atoms with E-state index in [1.807, 2.05) is 23.6 Å². The maximum absolute atomic E-state index is 12.0. The number of hydrogen-bond acceptors (Lipinski definition) is 4. The van der Waals surface area contributed by atoms with Crippen LogP contribution in [0.3, 0.4) is 0 Å². The monoisotopic (exact) mass is 331 g/mol. The zero-order valence-corrected chi connectivity index (χ0v) is 13.7. The molecule has 5 nitrogen and oxygen atoms in total. The van der Waals surface area contributed by atoms with Gasteiger partial charge in [-0.2, -0.15) is 0 Å². The molecule has 122 valence electrons. The van der Waals surface area contributed by atoms with E-state index in [0.717, 1.165) is 25.0 Å². The third-order valence-corrected chi connectivity index (χ3v) is 4.58. The number of ether oxygens (including phenoxy) is 1. The molecule has 1 aliphatic rings. The Kier molecular flexibility index (Phi) is 5.60. The molecule has 1 saturated heterocycles. The Morgan fingerprint density at radius 1 is 1.35 bits per heavy atom. The van der Waals surface area contributed by atoms with Crippen molar-refractivity contribution in [3.63, 3.8) is 0 Å². The number of rotatable bonds is 5. The summed E-state index contributed by atoms with van der Waals surface area (Å²) in [6.07, 6.45) is 2.48. The molecular formula is C17H21N3O2S. The third kappa shape index (κ3) is 4.77. The molecule has 2 amide bonds. The van der Waals surface area contributed by atoms with Gasteiger partial charge in [-0.3, -0.25) is 0 Å². The predicted molar refractivity (Wildman–Crippen MR) is 90.5 cm³/mol. The van der Waals surface area contributed by atoms with Crippen molar-refractivity contribution >= 4 is 17.4 Å². The topological polar surface area (TPSA) is 63.2 Å². The van der Waals surface area contributed by atoms with Crippen molar-refractivity contribution in [1.29, 1.82) is 0 Å². The quantitative estimate of drug-likeness (QED) is 0.885. The maximum atomic E-state index is 12.0. The first kappa shape index (κ1) is 16.0. The average Bonchev–Trinajstić information content (AvgIpc) is 3.09. The van der Waals surface area contributed by atoms with Crippen LogP contribution in [-0.4, -0.2) is 30.2 Å². The Balaban J connectivity index is 1.43. The van der Waals surface area contributed by atoms with E-state index in [0.29, 0.717) is 13.2 Å². The van der Waals surface area contributed by atoms with Gasteiger partial charge in [-0.15, -0.1) is 11.3 Å². The molecule has 1 aromatic heterocycles. The van der Waals surface area contributed by atoms with Gasteiger partial charge in [0, 0.05) is 31.0 Å². The normalized spacial score (nSPS) is 20.9. The van der Waals surface area contributed by atoms with Crippen molar-refractivity contribution in [1.82, 2.24) is 15.6 Å². The summed E-state index contributed by atoms with van der Waals surface area (Å²) in [7, 11) is 0. The summed E-state index contributed by atoms with van der Waals surface area (Å²) in [5.41, 5.74) is 4.00. The van der Waals surface area contributed by atoms with Crippen LogP contribution < -0.4 is 10.6 Å². The number of carbonyl (C=O) groups is 1. The first-order valence-corrected chi connectivity index (χ1v) is 8.83. The summed E-state index contributed by atoms with van der Waals surface area (Å²) in [4.78, 5) is 16.2. The molecule has 6 heteroatoms. The minimum Gasteiger partial charge on any atom is -0.373 e. The molecule has 2 heterocycles. The lowest BCUT2D eigenvalue weighted by atomic mass is 9.97. The van der Waals surface area contributed by atoms with Crippen LogP contribution in [0.1, 0.15) is 30.2 Å². The van der Waals surface area contributed by atoms with Crippen LogP contribution in [0.4, 0.5) is 4.79 Å². The molecule has 2 aromatic rings. The summed E-state index contributed by atoms with van der Waals surface area (Å²) in [6, 6.07) is 10.2. The van der Waals surface area contributed by atoms with Crippen molar-refractivity contribution < 1.29 is 9.53 Å². The molecule has 0 unspecified atom stereocenters. The third-order valence-electron chi connectivity index (χ3n) is 3.94. The number of carbonyl (C=O) groups excluding carboxylic acids is 1. The molecule has 2 atom stereocenters. The Morgan fingerprint density at radius 2 is 2.22 bits per heavy atom. The fraction of sp³-hybridized carbons (Fsp3) is 0.412. The number of benzene rings is 1. The van der Waals surface area contributed by atoms with Gasteiger partial charge >= 0.3 is 6.03 Å². The van der Waals surface area contributed by atoms with Gasteiger partial charge in [0.25, 0.3) is 0 Å². The van der Waals surface area contributed by atoms with Crippen LogP contribution in [-0.2, 0) is 11.2 Å². The number of urea groups is 1. The maximum Gasteiger partial charge on any atom is 0.315 e. The molecule has 0 saturated carbocycles. The minimum atomic E-state index is -0.112. The van der Waals surface area contributed by atoms with Gasteiger partial charge in [0.15, 0.2) is 0 Å². The molecule has 2 N–H and O–H groups in total. The molecule has 0 aliphatic carbocycles. The van der Waals surface area contributed by atoms with Crippen molar-refractivity contribution in [2.45, 2.75) is 31.4 Å². The lowest BCUT2D eigenvalue weighted by Gasteiger charge is -2.30. The summed E-state index contributed by atoms with van der Waals surface area (Å²) in [5.74, 6) is 0. The largest absolute Gasteiger partial charge is 0.373 e. The van der Waals surface area contributed by atoms with Gasteiger partial charge in [-0.1, -0.05) is 30.3 Å². The molecular weight excluding hydrogens is 310 g/mol. The van der Waals surface area contributed by atoms with Gasteiger partial charge in [0.2, 0.25) is 0 Å². The second-order valence-electron chi connectivity index (χ2n) is 5.62. The number of amides is 2. The van der Waals surface area contributed by atoms with Crippen molar-refractivity contribution in [3.8, 4) is 0 Å². The number of hydrogen-bond donors (Lipinski definition) is 2. The lowest BCUT2D eigenvalue weighted by Crippen LogP contribution is -2.45. The Hall–Kier alpha value is -1.92. The van der Waals surface area contributed by atoms with Crippen LogP contribution in [0.15, 0.2) is 41.2 Å². The van der Waals surface area contributed by atoms with Crippen LogP contribution in [0, 0.1) is 0 Å². The molecule has 0 bridgehead atoms. The van der Waals surface area contributed by atoms with Crippen molar-refractivity contribution in [3.05, 3.63) is 52.5 Å². The van der Waals surface area contributed by atoms with Crippen molar-refractivity contribution in [2.75, 3.05) is 13.2 Å². The van der Waals surface area contributed by atoms with E-state index in [1.165, 1.54) is 5.56 Å². The number of nitrogens with one attached hydrogen (secondary N) is 2. The zero-order chi connectivity index (χ0) is 15.9. The fourth-order valence-corrected chi connectivity index (χ4v) is 3.32. The molecule has 0 spiro atoms. The smallest absolute Gasteiger partial charge is 0.315 e. The summed E-state index contributed by atoms with van der Waals surface area (Å²) in [6.45, 7) is 1.27. The van der Waals surface area contributed by atoms with E-state index in [2.05, 4.69) is 27.8 Å². The SMILES string of the molecule is O=C(NCCc1cscn1)N[C@H]1CCO[C@@H](c2ccccc2)C1. The molecule has 23 heavy (non-hydrogen) atoms. The first-order valence-electron chi connectivity index (χ1n) is 7.89. The Morgan fingerprint density at radius 3 is 3.00 bits per heavy atom. The Bertz CT molecular complexity index is 604. The summed E-state index contributed by atoms with van der Waals surface area (Å²) in [5, 5.41) is 7.95. The van der Waals surface area contributed by atoms with Crippen LogP contribution in [0.5, 0.6) is 0 Å². The summed E-state index contributed by atoms with van der Waals surface area (Å²) < 4.78 is 5.83. The van der Waals surface area contributed by atoms with E-state index >= 15 is 0 Å². The predicted octanol–water partition coefficient (Wildman–Crippen LogP) is 2.91. The highest BCUT2D eigenvalue weighted by Crippen LogP contribution is 2.27. The van der Waals surface area contributed by atoms with Gasteiger partial charge in [0.1, 0.15) is 0 Å². The van der Waals surface area contributed by atoms with E-state index in [9.17, 15) is 4.79 Å². The molecule has 0 radical (unpaired) electrons.